The Morgan fingerprint density at radius 2 is 2.00 bits per heavy atom. The van der Waals surface area contributed by atoms with E-state index < -0.39 is 5.97 Å². The van der Waals surface area contributed by atoms with E-state index in [1.165, 1.54) is 28.8 Å². The Kier molecular flexibility index (Phi) is 4.53. The average Bonchev–Trinajstić information content (AvgIpc) is 2.67. The third-order valence-corrected chi connectivity index (χ3v) is 4.03. The molecule has 1 amide bonds. The quantitative estimate of drug-likeness (QED) is 0.649. The number of amides is 1. The molecule has 0 spiro atoms. The number of hydrogen-bond acceptors (Lipinski definition) is 5. The summed E-state index contributed by atoms with van der Waals surface area (Å²) in [7, 11) is 0. The van der Waals surface area contributed by atoms with Gasteiger partial charge in [0, 0.05) is 0 Å². The first-order chi connectivity index (χ1) is 9.52. The maximum Gasteiger partial charge on any atom is 0.335 e. The minimum Gasteiger partial charge on any atom is -0.478 e. The predicted molar refractivity (Wildman–Crippen MR) is 80.4 cm³/mol. The van der Waals surface area contributed by atoms with Crippen LogP contribution in [0.1, 0.15) is 15.9 Å². The third-order valence-electron chi connectivity index (χ3n) is 2.65. The first-order valence-corrected chi connectivity index (χ1v) is 6.95. The van der Waals surface area contributed by atoms with Crippen LogP contribution in [0.2, 0.25) is 0 Å². The lowest BCUT2D eigenvalue weighted by molar-refractivity contribution is -0.122. The minimum atomic E-state index is -0.995. The molecule has 1 aromatic carbocycles. The van der Waals surface area contributed by atoms with Gasteiger partial charge in [0.15, 0.2) is 0 Å². The monoisotopic (exact) mass is 309 g/mol. The Morgan fingerprint density at radius 1 is 1.35 bits per heavy atom. The Balaban J connectivity index is 2.21. The van der Waals surface area contributed by atoms with Crippen molar-refractivity contribution in [3.63, 3.8) is 0 Å². The Labute approximate surface area is 124 Å². The van der Waals surface area contributed by atoms with E-state index in [9.17, 15) is 9.59 Å². The van der Waals surface area contributed by atoms with Crippen molar-refractivity contribution in [3.05, 3.63) is 40.3 Å². The van der Waals surface area contributed by atoms with Crippen LogP contribution >= 0.6 is 24.0 Å². The first-order valence-electron chi connectivity index (χ1n) is 5.72. The molecule has 104 valence electrons. The maximum absolute atomic E-state index is 12.0. The summed E-state index contributed by atoms with van der Waals surface area (Å²) in [4.78, 5) is 24.6. The van der Waals surface area contributed by atoms with Crippen LogP contribution in [0.3, 0.4) is 0 Å². The molecule has 1 aliphatic rings. The van der Waals surface area contributed by atoms with Crippen LogP contribution in [-0.4, -0.2) is 44.5 Å². The summed E-state index contributed by atoms with van der Waals surface area (Å²) in [6.07, 6.45) is 1.66. The van der Waals surface area contributed by atoms with Crippen molar-refractivity contribution >= 4 is 46.3 Å². The number of carboxylic acid groups (broad SMARTS) is 1. The lowest BCUT2D eigenvalue weighted by Gasteiger charge is -2.11. The summed E-state index contributed by atoms with van der Waals surface area (Å²) < 4.78 is 0.414. The molecular weight excluding hydrogens is 298 g/mol. The zero-order valence-electron chi connectivity index (χ0n) is 10.3. The molecule has 1 saturated heterocycles. The van der Waals surface area contributed by atoms with Gasteiger partial charge in [-0.15, -0.1) is 0 Å². The van der Waals surface area contributed by atoms with Gasteiger partial charge in [-0.2, -0.15) is 0 Å². The van der Waals surface area contributed by atoms with Crippen molar-refractivity contribution in [2.45, 2.75) is 0 Å². The van der Waals surface area contributed by atoms with Crippen molar-refractivity contribution in [2.24, 2.45) is 0 Å². The molecule has 1 aliphatic heterocycles. The SMILES string of the molecule is O=C(O)c1ccc(/C=C2\SC(=S)N(CCO)C2=O)cc1. The number of carbonyl (C=O) groups excluding carboxylic acids is 1. The highest BCUT2D eigenvalue weighted by Crippen LogP contribution is 2.32. The third kappa shape index (κ3) is 3.06. The van der Waals surface area contributed by atoms with Gasteiger partial charge >= 0.3 is 5.97 Å². The predicted octanol–water partition coefficient (Wildman–Crippen LogP) is 1.58. The normalized spacial score (nSPS) is 17.1. The van der Waals surface area contributed by atoms with E-state index in [-0.39, 0.29) is 24.6 Å². The molecule has 0 unspecified atom stereocenters. The van der Waals surface area contributed by atoms with Crippen LogP contribution in [0.25, 0.3) is 6.08 Å². The van der Waals surface area contributed by atoms with Gasteiger partial charge in [0.2, 0.25) is 0 Å². The van der Waals surface area contributed by atoms with E-state index in [0.29, 0.717) is 9.23 Å². The van der Waals surface area contributed by atoms with Crippen LogP contribution in [-0.2, 0) is 4.79 Å². The standard InChI is InChI=1S/C13H11NO4S2/c15-6-5-14-11(16)10(20-13(14)19)7-8-1-3-9(4-2-8)12(17)18/h1-4,7,15H,5-6H2,(H,17,18)/b10-7-. The van der Waals surface area contributed by atoms with Crippen LogP contribution in [0.15, 0.2) is 29.2 Å². The van der Waals surface area contributed by atoms with Gasteiger partial charge in [-0.1, -0.05) is 36.1 Å². The van der Waals surface area contributed by atoms with E-state index in [4.69, 9.17) is 22.4 Å². The zero-order chi connectivity index (χ0) is 14.7. The van der Waals surface area contributed by atoms with Gasteiger partial charge in [0.05, 0.1) is 23.6 Å². The molecule has 0 bridgehead atoms. The second-order valence-electron chi connectivity index (χ2n) is 3.98. The summed E-state index contributed by atoms with van der Waals surface area (Å²) in [5, 5.41) is 17.7. The zero-order valence-corrected chi connectivity index (χ0v) is 11.9. The number of carboxylic acids is 1. The Morgan fingerprint density at radius 3 is 2.55 bits per heavy atom. The van der Waals surface area contributed by atoms with Crippen molar-refractivity contribution < 1.29 is 19.8 Å². The van der Waals surface area contributed by atoms with Crippen molar-refractivity contribution in [1.29, 1.82) is 0 Å². The van der Waals surface area contributed by atoms with Crippen molar-refractivity contribution in [3.8, 4) is 0 Å². The molecule has 20 heavy (non-hydrogen) atoms. The molecular formula is C13H11NO4S2. The molecule has 2 N–H and O–H groups in total. The van der Waals surface area contributed by atoms with Gasteiger partial charge in [-0.25, -0.2) is 4.79 Å². The first kappa shape index (κ1) is 14.7. The fourth-order valence-corrected chi connectivity index (χ4v) is 2.97. The van der Waals surface area contributed by atoms with Gasteiger partial charge in [0.1, 0.15) is 4.32 Å². The number of β-amino-alcohol motifs (C(OH)–C–C–N with tert-alkyl or cyclic N) is 1. The van der Waals surface area contributed by atoms with E-state index >= 15 is 0 Å². The van der Waals surface area contributed by atoms with Crippen LogP contribution < -0.4 is 0 Å². The number of benzene rings is 1. The minimum absolute atomic E-state index is 0.146. The average molecular weight is 309 g/mol. The number of thioether (sulfide) groups is 1. The second-order valence-corrected chi connectivity index (χ2v) is 5.66. The molecule has 1 fully saturated rings. The van der Waals surface area contributed by atoms with Gasteiger partial charge in [-0.05, 0) is 23.8 Å². The highest BCUT2D eigenvalue weighted by molar-refractivity contribution is 8.26. The van der Waals surface area contributed by atoms with Gasteiger partial charge in [0.25, 0.3) is 5.91 Å². The summed E-state index contributed by atoms with van der Waals surface area (Å²) in [5.41, 5.74) is 0.912. The number of aliphatic hydroxyl groups excluding tert-OH is 1. The number of thiocarbonyl (C=S) groups is 1. The molecule has 7 heteroatoms. The number of carbonyl (C=O) groups is 2. The fraction of sp³-hybridized carbons (Fsp3) is 0.154. The Hall–Kier alpha value is -1.70. The lowest BCUT2D eigenvalue weighted by atomic mass is 10.1. The van der Waals surface area contributed by atoms with Crippen LogP contribution in [0, 0.1) is 0 Å². The molecule has 0 atom stereocenters. The van der Waals surface area contributed by atoms with Crippen molar-refractivity contribution in [1.82, 2.24) is 4.90 Å². The number of aromatic carboxylic acids is 1. The van der Waals surface area contributed by atoms with E-state index in [2.05, 4.69) is 0 Å². The second kappa shape index (κ2) is 6.17. The molecule has 0 aromatic heterocycles. The smallest absolute Gasteiger partial charge is 0.335 e. The number of aliphatic hydroxyl groups is 1. The highest BCUT2D eigenvalue weighted by atomic mass is 32.2. The summed E-state index contributed by atoms with van der Waals surface area (Å²) in [5.74, 6) is -1.23. The topological polar surface area (TPSA) is 77.8 Å². The number of hydrogen-bond donors (Lipinski definition) is 2. The lowest BCUT2D eigenvalue weighted by Crippen LogP contribution is -2.30. The van der Waals surface area contributed by atoms with E-state index in [1.807, 2.05) is 0 Å². The largest absolute Gasteiger partial charge is 0.478 e. The Bertz CT molecular complexity index is 595. The van der Waals surface area contributed by atoms with E-state index in [0.717, 1.165) is 5.56 Å². The van der Waals surface area contributed by atoms with Crippen LogP contribution in [0.4, 0.5) is 0 Å². The molecule has 0 radical (unpaired) electrons. The molecule has 2 rings (SSSR count). The highest BCUT2D eigenvalue weighted by Gasteiger charge is 2.31. The molecule has 0 saturated carbocycles. The van der Waals surface area contributed by atoms with Gasteiger partial charge in [-0.3, -0.25) is 9.69 Å². The number of rotatable bonds is 4. The summed E-state index contributed by atoms with van der Waals surface area (Å²) in [6, 6.07) is 6.20. The summed E-state index contributed by atoms with van der Waals surface area (Å²) in [6.45, 7) is 0.0347. The molecule has 5 nitrogen and oxygen atoms in total. The molecule has 1 heterocycles. The van der Waals surface area contributed by atoms with Crippen LogP contribution in [0.5, 0.6) is 0 Å². The van der Waals surface area contributed by atoms with Gasteiger partial charge < -0.3 is 10.2 Å². The van der Waals surface area contributed by atoms with Crippen molar-refractivity contribution in [2.75, 3.05) is 13.2 Å². The number of nitrogens with zero attached hydrogens (tertiary/aromatic N) is 1. The molecule has 0 aliphatic carbocycles. The molecule has 1 aromatic rings. The van der Waals surface area contributed by atoms with E-state index in [1.54, 1.807) is 18.2 Å². The maximum atomic E-state index is 12.0. The fourth-order valence-electron chi connectivity index (χ4n) is 1.67. The summed E-state index contributed by atoms with van der Waals surface area (Å²) >= 11 is 6.24.